The Bertz CT molecular complexity index is 664. The lowest BCUT2D eigenvalue weighted by Crippen LogP contribution is -2.43. The highest BCUT2D eigenvalue weighted by Crippen LogP contribution is 2.39. The van der Waals surface area contributed by atoms with Crippen LogP contribution in [0.5, 0.6) is 0 Å². The summed E-state index contributed by atoms with van der Waals surface area (Å²) in [7, 11) is 0. The van der Waals surface area contributed by atoms with Crippen LogP contribution in [0.3, 0.4) is 0 Å². The molecule has 1 unspecified atom stereocenters. The predicted octanol–water partition coefficient (Wildman–Crippen LogP) is 3.62. The fraction of sp³-hybridized carbons (Fsp3) is 0.500. The van der Waals surface area contributed by atoms with Crippen LogP contribution in [-0.2, 0) is 22.3 Å². The molecule has 1 aromatic carbocycles. The number of halogens is 3. The molecule has 5 nitrogen and oxygen atoms in total. The maximum absolute atomic E-state index is 13.2. The molecule has 0 aliphatic carbocycles. The quantitative estimate of drug-likeness (QED) is 0.844. The predicted molar refractivity (Wildman–Crippen MR) is 78.5 cm³/mol. The molecule has 0 saturated carbocycles. The number of hydrogen-bond acceptors (Lipinski definition) is 3. The average Bonchev–Trinajstić information content (AvgIpc) is 2.42. The third kappa shape index (κ3) is 3.80. The van der Waals surface area contributed by atoms with Crippen molar-refractivity contribution in [3.05, 3.63) is 34.9 Å². The van der Waals surface area contributed by atoms with E-state index < -0.39 is 35.3 Å². The standard InChI is InChI=1S/C16H18F3NO4/c1-15(2,3)24-14(23)20-7-10-9(11(8-20)13(21)22)5-4-6-12(10)16(17,18)19/h4-6,11H,7-8H2,1-3H3,(H,21,22). The Morgan fingerprint density at radius 1 is 1.25 bits per heavy atom. The highest BCUT2D eigenvalue weighted by Gasteiger charge is 2.41. The average molecular weight is 345 g/mol. The lowest BCUT2D eigenvalue weighted by Gasteiger charge is -2.35. The second-order valence-corrected chi connectivity index (χ2v) is 6.62. The Hall–Kier alpha value is -2.25. The second-order valence-electron chi connectivity index (χ2n) is 6.62. The maximum atomic E-state index is 13.2. The summed E-state index contributed by atoms with van der Waals surface area (Å²) in [5.74, 6) is -2.52. The molecule has 8 heteroatoms. The van der Waals surface area contributed by atoms with E-state index in [-0.39, 0.29) is 24.2 Å². The summed E-state index contributed by atoms with van der Waals surface area (Å²) in [4.78, 5) is 24.7. The van der Waals surface area contributed by atoms with Crippen molar-refractivity contribution in [1.29, 1.82) is 0 Å². The molecule has 1 heterocycles. The number of fused-ring (bicyclic) bond motifs is 1. The first kappa shape index (κ1) is 18.1. The van der Waals surface area contributed by atoms with Gasteiger partial charge >= 0.3 is 18.2 Å². The fourth-order valence-electron chi connectivity index (χ4n) is 2.62. The topological polar surface area (TPSA) is 66.8 Å². The Morgan fingerprint density at radius 2 is 1.88 bits per heavy atom. The number of hydrogen-bond donors (Lipinski definition) is 1. The Kier molecular flexibility index (Phi) is 4.52. The Morgan fingerprint density at radius 3 is 2.38 bits per heavy atom. The first-order valence-corrected chi connectivity index (χ1v) is 7.30. The number of amides is 1. The Labute approximate surface area is 137 Å². The monoisotopic (exact) mass is 345 g/mol. The highest BCUT2D eigenvalue weighted by atomic mass is 19.4. The molecular weight excluding hydrogens is 327 g/mol. The zero-order chi connectivity index (χ0) is 18.3. The summed E-state index contributed by atoms with van der Waals surface area (Å²) in [6, 6.07) is 3.42. The first-order chi connectivity index (χ1) is 10.9. The van der Waals surface area contributed by atoms with Gasteiger partial charge in [-0.1, -0.05) is 12.1 Å². The van der Waals surface area contributed by atoms with Gasteiger partial charge in [0, 0.05) is 13.1 Å². The maximum Gasteiger partial charge on any atom is 0.416 e. The minimum Gasteiger partial charge on any atom is -0.481 e. The number of ether oxygens (including phenoxy) is 1. The molecule has 1 aromatic rings. The molecule has 2 rings (SSSR count). The van der Waals surface area contributed by atoms with Gasteiger partial charge in [0.15, 0.2) is 0 Å². The van der Waals surface area contributed by atoms with E-state index in [4.69, 9.17) is 4.74 Å². The number of rotatable bonds is 1. The lowest BCUT2D eigenvalue weighted by molar-refractivity contribution is -0.142. The highest BCUT2D eigenvalue weighted by molar-refractivity contribution is 5.79. The zero-order valence-electron chi connectivity index (χ0n) is 13.5. The van der Waals surface area contributed by atoms with Gasteiger partial charge in [-0.2, -0.15) is 13.2 Å². The molecule has 24 heavy (non-hydrogen) atoms. The zero-order valence-corrected chi connectivity index (χ0v) is 13.5. The van der Waals surface area contributed by atoms with Crippen LogP contribution >= 0.6 is 0 Å². The van der Waals surface area contributed by atoms with E-state index in [0.717, 1.165) is 11.0 Å². The summed E-state index contributed by atoms with van der Waals surface area (Å²) in [5.41, 5.74) is -1.88. The van der Waals surface area contributed by atoms with E-state index in [1.807, 2.05) is 0 Å². The van der Waals surface area contributed by atoms with Crippen LogP contribution in [0.4, 0.5) is 18.0 Å². The molecule has 1 amide bonds. The summed E-state index contributed by atoms with van der Waals surface area (Å²) < 4.78 is 44.8. The van der Waals surface area contributed by atoms with Gasteiger partial charge in [-0.3, -0.25) is 4.79 Å². The molecule has 1 aliphatic rings. The molecule has 0 aromatic heterocycles. The SMILES string of the molecule is CC(C)(C)OC(=O)N1Cc2c(cccc2C(F)(F)F)C(C(=O)O)C1. The van der Waals surface area contributed by atoms with Gasteiger partial charge in [0.05, 0.1) is 11.5 Å². The van der Waals surface area contributed by atoms with Crippen molar-refractivity contribution in [1.82, 2.24) is 4.90 Å². The smallest absolute Gasteiger partial charge is 0.416 e. The molecule has 0 saturated heterocycles. The number of carbonyl (C=O) groups excluding carboxylic acids is 1. The van der Waals surface area contributed by atoms with Gasteiger partial charge in [-0.15, -0.1) is 0 Å². The lowest BCUT2D eigenvalue weighted by atomic mass is 9.87. The van der Waals surface area contributed by atoms with Crippen molar-refractivity contribution in [2.45, 2.75) is 45.0 Å². The van der Waals surface area contributed by atoms with Gasteiger partial charge in [-0.05, 0) is 38.0 Å². The van der Waals surface area contributed by atoms with Crippen LogP contribution in [0, 0.1) is 0 Å². The van der Waals surface area contributed by atoms with E-state index in [2.05, 4.69) is 0 Å². The normalized spacial score (nSPS) is 18.1. The third-order valence-corrected chi connectivity index (χ3v) is 3.59. The van der Waals surface area contributed by atoms with Crippen LogP contribution in [0.2, 0.25) is 0 Å². The van der Waals surface area contributed by atoms with Crippen LogP contribution in [0.1, 0.15) is 43.4 Å². The van der Waals surface area contributed by atoms with Gasteiger partial charge in [0.25, 0.3) is 0 Å². The van der Waals surface area contributed by atoms with Gasteiger partial charge in [-0.25, -0.2) is 4.79 Å². The van der Waals surface area contributed by atoms with Gasteiger partial charge < -0.3 is 14.7 Å². The number of benzene rings is 1. The summed E-state index contributed by atoms with van der Waals surface area (Å²) in [6.07, 6.45) is -5.47. The molecule has 0 fully saturated rings. The van der Waals surface area contributed by atoms with E-state index in [0.29, 0.717) is 0 Å². The van der Waals surface area contributed by atoms with Crippen molar-refractivity contribution in [3.8, 4) is 0 Å². The number of carbonyl (C=O) groups is 2. The number of carboxylic acid groups (broad SMARTS) is 1. The molecule has 1 aliphatic heterocycles. The number of carboxylic acids is 1. The third-order valence-electron chi connectivity index (χ3n) is 3.59. The molecule has 132 valence electrons. The van der Waals surface area contributed by atoms with Crippen molar-refractivity contribution in [2.24, 2.45) is 0 Å². The summed E-state index contributed by atoms with van der Waals surface area (Å²) in [5, 5.41) is 9.35. The second kappa shape index (κ2) is 5.99. The van der Waals surface area contributed by atoms with Crippen molar-refractivity contribution >= 4 is 12.1 Å². The molecule has 0 bridgehead atoms. The van der Waals surface area contributed by atoms with Crippen molar-refractivity contribution < 1.29 is 32.6 Å². The molecule has 1 N–H and O–H groups in total. The minimum atomic E-state index is -4.63. The Balaban J connectivity index is 2.46. The molecule has 0 spiro atoms. The van der Waals surface area contributed by atoms with Crippen molar-refractivity contribution in [2.75, 3.05) is 6.54 Å². The van der Waals surface area contributed by atoms with E-state index in [1.54, 1.807) is 20.8 Å². The van der Waals surface area contributed by atoms with Crippen LogP contribution < -0.4 is 0 Å². The molecule has 1 atom stereocenters. The van der Waals surface area contributed by atoms with E-state index >= 15 is 0 Å². The number of aliphatic carboxylic acids is 1. The van der Waals surface area contributed by atoms with Gasteiger partial charge in [0.1, 0.15) is 5.60 Å². The number of alkyl halides is 3. The largest absolute Gasteiger partial charge is 0.481 e. The fourth-order valence-corrected chi connectivity index (χ4v) is 2.62. The first-order valence-electron chi connectivity index (χ1n) is 7.30. The van der Waals surface area contributed by atoms with Crippen LogP contribution in [0.25, 0.3) is 0 Å². The molecule has 0 radical (unpaired) electrons. The minimum absolute atomic E-state index is 0.0807. The number of nitrogens with zero attached hydrogens (tertiary/aromatic N) is 1. The van der Waals surface area contributed by atoms with Gasteiger partial charge in [0.2, 0.25) is 0 Å². The van der Waals surface area contributed by atoms with Crippen LogP contribution in [0.15, 0.2) is 18.2 Å². The molecular formula is C16H18F3NO4. The van der Waals surface area contributed by atoms with E-state index in [1.165, 1.54) is 12.1 Å². The van der Waals surface area contributed by atoms with Crippen LogP contribution in [-0.4, -0.2) is 34.2 Å². The summed E-state index contributed by atoms with van der Waals surface area (Å²) >= 11 is 0. The summed E-state index contributed by atoms with van der Waals surface area (Å²) in [6.45, 7) is 4.29. The van der Waals surface area contributed by atoms with E-state index in [9.17, 15) is 27.9 Å². The van der Waals surface area contributed by atoms with Crippen molar-refractivity contribution in [3.63, 3.8) is 0 Å².